The molecule has 0 spiro atoms. The first-order chi connectivity index (χ1) is 16.3. The number of hydrogen-bond donors (Lipinski definition) is 2. The third kappa shape index (κ3) is 3.92. The standard InChI is InChI=1S/C27H27FN4O2/c1-16-12-21(27(34)32-11-10-19(15-32)31(2)3)24(29-16)14-22-25-20(17-6-4-7-18(28)13-17)8-5-9-23(25)30-26(22)33/h4-9,12-14,19,29H,10-11,15H2,1-3H3,(H,30,33)/t19-/m1/s1. The Balaban J connectivity index is 1.56. The lowest BCUT2D eigenvalue weighted by Gasteiger charge is -2.20. The molecule has 2 aromatic carbocycles. The van der Waals surface area contributed by atoms with Gasteiger partial charge in [-0.05, 0) is 68.9 Å². The number of aromatic amines is 1. The topological polar surface area (TPSA) is 68.4 Å². The number of rotatable bonds is 4. The van der Waals surface area contributed by atoms with Crippen LogP contribution in [0.3, 0.4) is 0 Å². The predicted octanol–water partition coefficient (Wildman–Crippen LogP) is 4.40. The molecule has 0 unspecified atom stereocenters. The lowest BCUT2D eigenvalue weighted by atomic mass is 9.94. The Labute approximate surface area is 198 Å². The molecule has 174 valence electrons. The third-order valence-corrected chi connectivity index (χ3v) is 6.65. The van der Waals surface area contributed by atoms with Gasteiger partial charge in [-0.25, -0.2) is 4.39 Å². The van der Waals surface area contributed by atoms with E-state index >= 15 is 0 Å². The Morgan fingerprint density at radius 2 is 1.97 bits per heavy atom. The number of fused-ring (bicyclic) bond motifs is 1. The van der Waals surface area contributed by atoms with Gasteiger partial charge in [-0.3, -0.25) is 9.59 Å². The number of hydrogen-bond acceptors (Lipinski definition) is 3. The van der Waals surface area contributed by atoms with Crippen molar-refractivity contribution in [2.45, 2.75) is 19.4 Å². The number of amides is 2. The van der Waals surface area contributed by atoms with Crippen molar-refractivity contribution in [3.8, 4) is 11.1 Å². The molecule has 3 aromatic rings. The maximum absolute atomic E-state index is 13.9. The van der Waals surface area contributed by atoms with E-state index in [9.17, 15) is 14.0 Å². The fourth-order valence-electron chi connectivity index (χ4n) is 4.85. The van der Waals surface area contributed by atoms with Gasteiger partial charge in [0.1, 0.15) is 5.82 Å². The molecule has 34 heavy (non-hydrogen) atoms. The molecule has 1 atom stereocenters. The van der Waals surface area contributed by atoms with Crippen molar-refractivity contribution in [3.63, 3.8) is 0 Å². The molecule has 7 heteroatoms. The van der Waals surface area contributed by atoms with Crippen molar-refractivity contribution in [3.05, 3.63) is 76.9 Å². The van der Waals surface area contributed by atoms with Crippen LogP contribution >= 0.6 is 0 Å². The minimum Gasteiger partial charge on any atom is -0.358 e. The van der Waals surface area contributed by atoms with Gasteiger partial charge in [-0.1, -0.05) is 24.3 Å². The Bertz CT molecular complexity index is 1320. The van der Waals surface area contributed by atoms with Crippen LogP contribution in [0.2, 0.25) is 0 Å². The smallest absolute Gasteiger partial charge is 0.256 e. The molecular formula is C27H27FN4O2. The highest BCUT2D eigenvalue weighted by molar-refractivity contribution is 6.36. The first-order valence-electron chi connectivity index (χ1n) is 11.4. The van der Waals surface area contributed by atoms with Crippen LogP contribution in [-0.2, 0) is 4.79 Å². The van der Waals surface area contributed by atoms with E-state index in [1.165, 1.54) is 12.1 Å². The van der Waals surface area contributed by atoms with Gasteiger partial charge in [-0.2, -0.15) is 0 Å². The number of benzene rings is 2. The monoisotopic (exact) mass is 458 g/mol. The Morgan fingerprint density at radius 3 is 2.71 bits per heavy atom. The summed E-state index contributed by atoms with van der Waals surface area (Å²) in [5.74, 6) is -0.636. The van der Waals surface area contributed by atoms with Gasteiger partial charge in [-0.15, -0.1) is 0 Å². The molecule has 1 fully saturated rings. The summed E-state index contributed by atoms with van der Waals surface area (Å²) in [6.45, 7) is 3.28. The van der Waals surface area contributed by atoms with Crippen LogP contribution in [0.15, 0.2) is 48.5 Å². The summed E-state index contributed by atoms with van der Waals surface area (Å²) in [6.07, 6.45) is 2.68. The molecular weight excluding hydrogens is 431 g/mol. The Kier molecular flexibility index (Phi) is 5.57. The van der Waals surface area contributed by atoms with Gasteiger partial charge in [0.05, 0.1) is 16.8 Å². The zero-order chi connectivity index (χ0) is 24.0. The number of aromatic nitrogens is 1. The Hall–Kier alpha value is -3.71. The summed E-state index contributed by atoms with van der Waals surface area (Å²) in [6, 6.07) is 14.0. The molecule has 3 heterocycles. The number of likely N-dealkylation sites (tertiary alicyclic amines) is 1. The van der Waals surface area contributed by atoms with Gasteiger partial charge in [0.2, 0.25) is 0 Å². The fraction of sp³-hybridized carbons (Fsp3) is 0.259. The van der Waals surface area contributed by atoms with E-state index in [1.54, 1.807) is 12.1 Å². The van der Waals surface area contributed by atoms with Crippen LogP contribution in [0.1, 0.15) is 33.7 Å². The lowest BCUT2D eigenvalue weighted by Crippen LogP contribution is -2.34. The summed E-state index contributed by atoms with van der Waals surface area (Å²) < 4.78 is 13.9. The van der Waals surface area contributed by atoms with Gasteiger partial charge in [0.25, 0.3) is 11.8 Å². The van der Waals surface area contributed by atoms with E-state index in [1.807, 2.05) is 56.3 Å². The zero-order valence-corrected chi connectivity index (χ0v) is 19.5. The number of halogens is 1. The number of H-pyrrole nitrogens is 1. The van der Waals surface area contributed by atoms with E-state index < -0.39 is 0 Å². The maximum Gasteiger partial charge on any atom is 0.256 e. The van der Waals surface area contributed by atoms with Gasteiger partial charge < -0.3 is 20.1 Å². The predicted molar refractivity (Wildman–Crippen MR) is 132 cm³/mol. The van der Waals surface area contributed by atoms with Crippen molar-refractivity contribution in [2.75, 3.05) is 32.5 Å². The van der Waals surface area contributed by atoms with Crippen molar-refractivity contribution < 1.29 is 14.0 Å². The fourth-order valence-corrected chi connectivity index (χ4v) is 4.85. The molecule has 2 aliphatic heterocycles. The zero-order valence-electron chi connectivity index (χ0n) is 19.5. The van der Waals surface area contributed by atoms with E-state index in [0.717, 1.165) is 17.7 Å². The average molecular weight is 459 g/mol. The molecule has 6 nitrogen and oxygen atoms in total. The normalized spacial score (nSPS) is 18.6. The quantitative estimate of drug-likeness (QED) is 0.570. The maximum atomic E-state index is 13.9. The number of likely N-dealkylation sites (N-methyl/N-ethyl adjacent to an activating group) is 1. The van der Waals surface area contributed by atoms with Crippen LogP contribution in [0, 0.1) is 12.7 Å². The molecule has 1 saturated heterocycles. The van der Waals surface area contributed by atoms with Crippen molar-refractivity contribution in [1.29, 1.82) is 0 Å². The summed E-state index contributed by atoms with van der Waals surface area (Å²) in [5.41, 5.74) is 5.25. The minimum absolute atomic E-state index is 0.0439. The highest BCUT2D eigenvalue weighted by atomic mass is 19.1. The highest BCUT2D eigenvalue weighted by Gasteiger charge is 2.31. The van der Waals surface area contributed by atoms with Crippen molar-refractivity contribution in [1.82, 2.24) is 14.8 Å². The average Bonchev–Trinajstić information content (AvgIpc) is 3.51. The second-order valence-electron chi connectivity index (χ2n) is 9.19. The number of nitrogens with zero attached hydrogens (tertiary/aromatic N) is 2. The van der Waals surface area contributed by atoms with E-state index in [4.69, 9.17) is 0 Å². The van der Waals surface area contributed by atoms with Gasteiger partial charge in [0.15, 0.2) is 0 Å². The highest BCUT2D eigenvalue weighted by Crippen LogP contribution is 2.40. The number of nitrogens with one attached hydrogen (secondary N) is 2. The van der Waals surface area contributed by atoms with Gasteiger partial charge >= 0.3 is 0 Å². The van der Waals surface area contributed by atoms with Crippen molar-refractivity contribution in [2.24, 2.45) is 0 Å². The third-order valence-electron chi connectivity index (χ3n) is 6.65. The molecule has 0 radical (unpaired) electrons. The molecule has 0 aliphatic carbocycles. The van der Waals surface area contributed by atoms with Crippen LogP contribution in [0.5, 0.6) is 0 Å². The molecule has 2 amide bonds. The SMILES string of the molecule is Cc1cc(C(=O)N2CC[C@@H](N(C)C)C2)c(C=C2C(=O)Nc3cccc(-c4cccc(F)c4)c32)[nH]1. The number of carbonyl (C=O) groups excluding carboxylic acids is 2. The first kappa shape index (κ1) is 22.1. The molecule has 0 saturated carbocycles. The van der Waals surface area contributed by atoms with E-state index in [0.29, 0.717) is 52.8 Å². The summed E-state index contributed by atoms with van der Waals surface area (Å²) in [5, 5.41) is 2.91. The first-order valence-corrected chi connectivity index (χ1v) is 11.4. The molecule has 2 N–H and O–H groups in total. The van der Waals surface area contributed by atoms with Crippen LogP contribution < -0.4 is 5.32 Å². The molecule has 0 bridgehead atoms. The molecule has 5 rings (SSSR count). The Morgan fingerprint density at radius 1 is 1.18 bits per heavy atom. The lowest BCUT2D eigenvalue weighted by molar-refractivity contribution is -0.110. The number of carbonyl (C=O) groups is 2. The van der Waals surface area contributed by atoms with Crippen LogP contribution in [0.25, 0.3) is 22.8 Å². The second kappa shape index (κ2) is 8.57. The minimum atomic E-state index is -0.340. The van der Waals surface area contributed by atoms with Crippen molar-refractivity contribution >= 4 is 29.2 Å². The van der Waals surface area contributed by atoms with Crippen LogP contribution in [0.4, 0.5) is 10.1 Å². The van der Waals surface area contributed by atoms with Gasteiger partial charge in [0, 0.05) is 36.1 Å². The molecule has 2 aliphatic rings. The summed E-state index contributed by atoms with van der Waals surface area (Å²) >= 11 is 0. The van der Waals surface area contributed by atoms with E-state index in [2.05, 4.69) is 15.2 Å². The van der Waals surface area contributed by atoms with E-state index in [-0.39, 0.29) is 17.6 Å². The molecule has 1 aromatic heterocycles. The largest absolute Gasteiger partial charge is 0.358 e. The number of aryl methyl sites for hydroxylation is 1. The summed E-state index contributed by atoms with van der Waals surface area (Å²) in [7, 11) is 4.06. The summed E-state index contributed by atoms with van der Waals surface area (Å²) in [4.78, 5) is 33.6. The van der Waals surface area contributed by atoms with Crippen LogP contribution in [-0.4, -0.2) is 59.8 Å². The number of anilines is 1. The second-order valence-corrected chi connectivity index (χ2v) is 9.19.